The Kier molecular flexibility index (Phi) is 1.47. The number of hydrogen-bond acceptors (Lipinski definition) is 2. The van der Waals surface area contributed by atoms with Gasteiger partial charge in [0.1, 0.15) is 1.41 Å². The zero-order chi connectivity index (χ0) is 7.56. The third-order valence-electron chi connectivity index (χ3n) is 1.21. The van der Waals surface area contributed by atoms with E-state index in [2.05, 4.69) is 0 Å². The molecule has 0 aromatic carbocycles. The Morgan fingerprint density at radius 3 is 3.50 bits per heavy atom. The lowest BCUT2D eigenvalue weighted by Gasteiger charge is -2.05. The summed E-state index contributed by atoms with van der Waals surface area (Å²) in [5, 5.41) is 1.26. The molecule has 2 atom stereocenters. The Hall–Kier alpha value is -0.0800. The molecule has 0 aromatic heterocycles. The van der Waals surface area contributed by atoms with E-state index < -0.39 is 0 Å². The van der Waals surface area contributed by atoms with E-state index >= 15 is 0 Å². The van der Waals surface area contributed by atoms with Gasteiger partial charge in [-0.3, -0.25) is 0 Å². The van der Waals surface area contributed by atoms with Crippen LogP contribution >= 0.6 is 0 Å². The van der Waals surface area contributed by atoms with Crippen LogP contribution in [-0.2, 0) is 4.74 Å². The molecule has 1 aliphatic rings. The van der Waals surface area contributed by atoms with Crippen LogP contribution in [0.3, 0.4) is 0 Å². The Morgan fingerprint density at radius 2 is 3.00 bits per heavy atom. The van der Waals surface area contributed by atoms with Gasteiger partial charge in [0, 0.05) is 14.5 Å². The van der Waals surface area contributed by atoms with Crippen LogP contribution in [-0.4, -0.2) is 25.8 Å². The predicted molar refractivity (Wildman–Crippen MR) is 32.9 cm³/mol. The van der Waals surface area contributed by atoms with Crippen LogP contribution in [0.25, 0.3) is 0 Å². The van der Waals surface area contributed by atoms with E-state index in [9.17, 15) is 0 Å². The van der Waals surface area contributed by atoms with Gasteiger partial charge in [-0.1, -0.05) is 0 Å². The molecule has 2 nitrogen and oxygen atoms in total. The molecule has 0 unspecified atom stereocenters. The maximum Gasteiger partial charge on any atom is 0.122 e. The van der Waals surface area contributed by atoms with E-state index in [-0.39, 0.29) is 12.6 Å². The van der Waals surface area contributed by atoms with Gasteiger partial charge in [-0.2, -0.15) is 0 Å². The highest BCUT2D eigenvalue weighted by Crippen LogP contribution is 2.01. The van der Waals surface area contributed by atoms with Crippen molar-refractivity contribution in [3.63, 3.8) is 0 Å². The standard InChI is InChI=1S/C6H13NO/c1-2-8-6-3-4-7-5-6/h6-7H,2-5H2,1H3/t6-/m1/s1/i4D/hD/t4-,6-. The normalized spacial score (nSPS) is 44.1. The summed E-state index contributed by atoms with van der Waals surface area (Å²) in [6.45, 7) is 2.83. The van der Waals surface area contributed by atoms with Crippen LogP contribution in [0.4, 0.5) is 0 Å². The summed E-state index contributed by atoms with van der Waals surface area (Å²) < 4.78 is 19.8. The summed E-state index contributed by atoms with van der Waals surface area (Å²) in [4.78, 5) is 0. The quantitative estimate of drug-likeness (QED) is 0.564. The largest absolute Gasteiger partial charge is 0.377 e. The van der Waals surface area contributed by atoms with Gasteiger partial charge < -0.3 is 10.0 Å². The lowest BCUT2D eigenvalue weighted by Crippen LogP contribution is -2.16. The molecule has 1 aliphatic heterocycles. The second-order valence-corrected chi connectivity index (χ2v) is 1.86. The van der Waals surface area contributed by atoms with Crippen molar-refractivity contribution in [2.75, 3.05) is 19.7 Å². The van der Waals surface area contributed by atoms with E-state index in [0.717, 1.165) is 0 Å². The van der Waals surface area contributed by atoms with Crippen molar-refractivity contribution in [1.29, 1.82) is 0 Å². The lowest BCUT2D eigenvalue weighted by atomic mass is 10.3. The molecular weight excluding hydrogens is 102 g/mol. The summed E-state index contributed by atoms with van der Waals surface area (Å²) in [5.74, 6) is 0. The van der Waals surface area contributed by atoms with Gasteiger partial charge >= 0.3 is 0 Å². The third-order valence-corrected chi connectivity index (χ3v) is 1.21. The van der Waals surface area contributed by atoms with Crippen molar-refractivity contribution >= 4 is 0 Å². The highest BCUT2D eigenvalue weighted by molar-refractivity contribution is 4.70. The van der Waals surface area contributed by atoms with Crippen LogP contribution in [0.2, 0.25) is 1.41 Å². The molecule has 1 fully saturated rings. The van der Waals surface area contributed by atoms with Crippen molar-refractivity contribution < 1.29 is 7.52 Å². The number of ether oxygens (including phenoxy) is 1. The summed E-state index contributed by atoms with van der Waals surface area (Å²) >= 11 is 0. The molecule has 2 heteroatoms. The van der Waals surface area contributed by atoms with Crippen LogP contribution < -0.4 is 5.31 Å². The first kappa shape index (κ1) is 3.85. The number of nitrogens with one attached hydrogen (secondary N) is 1. The molecule has 0 bridgehead atoms. The minimum absolute atomic E-state index is 0.116. The van der Waals surface area contributed by atoms with E-state index in [4.69, 9.17) is 7.52 Å². The molecule has 1 saturated heterocycles. The molecular formula is C6H13NO. The highest BCUT2D eigenvalue weighted by atomic mass is 16.5. The van der Waals surface area contributed by atoms with Crippen molar-refractivity contribution in [2.45, 2.75) is 19.4 Å². The van der Waals surface area contributed by atoms with Crippen molar-refractivity contribution in [1.82, 2.24) is 5.31 Å². The fourth-order valence-electron chi connectivity index (χ4n) is 0.815. The topological polar surface area (TPSA) is 21.3 Å². The Labute approximate surface area is 53.1 Å². The van der Waals surface area contributed by atoms with Gasteiger partial charge in [-0.25, -0.2) is 0 Å². The molecule has 0 aliphatic carbocycles. The SMILES string of the molecule is [2H][C@@H]1C[C@@H](OCC)CN1[2H]. The van der Waals surface area contributed by atoms with Crippen molar-refractivity contribution in [2.24, 2.45) is 0 Å². The van der Waals surface area contributed by atoms with Crippen LogP contribution in [0, 0.1) is 0 Å². The first-order valence-corrected chi connectivity index (χ1v) is 3.03. The highest BCUT2D eigenvalue weighted by Gasteiger charge is 2.12. The average Bonchev–Trinajstić information content (AvgIpc) is 2.14. The number of rotatable bonds is 2. The van der Waals surface area contributed by atoms with Crippen LogP contribution in [0.1, 0.15) is 14.7 Å². The summed E-state index contributed by atoms with van der Waals surface area (Å²) in [6, 6.07) is 0. The van der Waals surface area contributed by atoms with Gasteiger partial charge in [0.2, 0.25) is 0 Å². The fourth-order valence-corrected chi connectivity index (χ4v) is 0.815. The molecule has 0 aromatic rings. The lowest BCUT2D eigenvalue weighted by molar-refractivity contribution is 0.0775. The van der Waals surface area contributed by atoms with Crippen molar-refractivity contribution in [3.05, 3.63) is 0 Å². The van der Waals surface area contributed by atoms with E-state index in [1.165, 1.54) is 5.31 Å². The second kappa shape index (κ2) is 3.05. The monoisotopic (exact) mass is 117 g/mol. The first-order chi connectivity index (χ1) is 4.74. The van der Waals surface area contributed by atoms with Gasteiger partial charge in [0.25, 0.3) is 0 Å². The maximum absolute atomic E-state index is 7.31. The van der Waals surface area contributed by atoms with Crippen molar-refractivity contribution in [3.8, 4) is 0 Å². The van der Waals surface area contributed by atoms with E-state index in [0.29, 0.717) is 19.6 Å². The minimum atomic E-state index is -0.378. The molecule has 0 amide bonds. The molecule has 0 radical (unpaired) electrons. The molecule has 8 heavy (non-hydrogen) atoms. The van der Waals surface area contributed by atoms with E-state index in [1.807, 2.05) is 6.92 Å². The zero-order valence-electron chi connectivity index (χ0n) is 7.13. The number of hydrogen-bond donors (Lipinski definition) is 1. The van der Waals surface area contributed by atoms with Gasteiger partial charge in [-0.05, 0) is 19.9 Å². The third kappa shape index (κ3) is 1.46. The fraction of sp³-hybridized carbons (Fsp3) is 1.00. The summed E-state index contributed by atoms with van der Waals surface area (Å²) in [6.07, 6.45) is 0.794. The van der Waals surface area contributed by atoms with E-state index in [1.54, 1.807) is 0 Å². The van der Waals surface area contributed by atoms with Gasteiger partial charge in [-0.15, -0.1) is 0 Å². The zero-order valence-corrected chi connectivity index (χ0v) is 5.13. The smallest absolute Gasteiger partial charge is 0.122 e. The Bertz CT molecular complexity index is 102. The first-order valence-electron chi connectivity index (χ1n) is 4.06. The Balaban J connectivity index is 2.27. The molecule has 1 heterocycles. The summed E-state index contributed by atoms with van der Waals surface area (Å²) in [7, 11) is 0. The summed E-state index contributed by atoms with van der Waals surface area (Å²) in [5.41, 5.74) is 0. The molecule has 1 rings (SSSR count). The predicted octanol–water partition coefficient (Wildman–Crippen LogP) is 0.385. The minimum Gasteiger partial charge on any atom is -0.377 e. The van der Waals surface area contributed by atoms with Gasteiger partial charge in [0.05, 0.1) is 6.10 Å². The molecule has 0 saturated carbocycles. The average molecular weight is 117 g/mol. The van der Waals surface area contributed by atoms with Crippen LogP contribution in [0.5, 0.6) is 0 Å². The molecule has 48 valence electrons. The Morgan fingerprint density at radius 1 is 2.12 bits per heavy atom. The van der Waals surface area contributed by atoms with Crippen LogP contribution in [0.15, 0.2) is 0 Å². The molecule has 1 N–H and O–H groups in total. The molecule has 0 spiro atoms. The van der Waals surface area contributed by atoms with Gasteiger partial charge in [0.15, 0.2) is 0 Å². The maximum atomic E-state index is 7.31. The second-order valence-electron chi connectivity index (χ2n) is 1.86.